The first-order valence-corrected chi connectivity index (χ1v) is 5.72. The van der Waals surface area contributed by atoms with Gasteiger partial charge in [-0.15, -0.1) is 0 Å². The molecular weight excluding hydrogens is 214 g/mol. The Morgan fingerprint density at radius 2 is 2.35 bits per heavy atom. The molecule has 0 fully saturated rings. The molecule has 0 aliphatic rings. The molecule has 0 saturated carbocycles. The van der Waals surface area contributed by atoms with Gasteiger partial charge >= 0.3 is 0 Å². The van der Waals surface area contributed by atoms with Crippen LogP contribution in [0.25, 0.3) is 5.65 Å². The van der Waals surface area contributed by atoms with E-state index in [1.165, 1.54) is 0 Å². The smallest absolute Gasteiger partial charge is 0.138 e. The lowest BCUT2D eigenvalue weighted by Gasteiger charge is -2.23. The molecule has 2 aromatic heterocycles. The second kappa shape index (κ2) is 4.86. The van der Waals surface area contributed by atoms with Crippen LogP contribution in [-0.4, -0.2) is 28.3 Å². The Balaban J connectivity index is 2.29. The van der Waals surface area contributed by atoms with Gasteiger partial charge in [0.2, 0.25) is 0 Å². The molecular formula is C12H17N5. The molecule has 0 saturated heterocycles. The molecule has 0 aliphatic heterocycles. The number of nitrogens with one attached hydrogen (secondary N) is 1. The maximum absolute atomic E-state index is 7.29. The topological polar surface area (TPSA) is 70.4 Å². The van der Waals surface area contributed by atoms with Gasteiger partial charge in [-0.1, -0.05) is 6.07 Å². The van der Waals surface area contributed by atoms with Gasteiger partial charge in [-0.05, 0) is 19.1 Å². The van der Waals surface area contributed by atoms with Gasteiger partial charge < -0.3 is 10.6 Å². The summed E-state index contributed by atoms with van der Waals surface area (Å²) in [4.78, 5) is 6.45. The summed E-state index contributed by atoms with van der Waals surface area (Å²) in [6.45, 7) is 3.73. The van der Waals surface area contributed by atoms with Crippen molar-refractivity contribution in [2.45, 2.75) is 13.3 Å². The average Bonchev–Trinajstić information content (AvgIpc) is 2.78. The molecule has 5 nitrogen and oxygen atoms in total. The van der Waals surface area contributed by atoms with Gasteiger partial charge in [-0.3, -0.25) is 9.81 Å². The van der Waals surface area contributed by atoms with Crippen molar-refractivity contribution < 1.29 is 0 Å². The molecule has 90 valence electrons. The van der Waals surface area contributed by atoms with E-state index in [9.17, 15) is 0 Å². The maximum atomic E-state index is 7.29. The van der Waals surface area contributed by atoms with E-state index in [1.54, 1.807) is 6.20 Å². The Morgan fingerprint density at radius 3 is 3.06 bits per heavy atom. The average molecular weight is 231 g/mol. The summed E-state index contributed by atoms with van der Waals surface area (Å²) in [5, 5.41) is 7.29. The monoisotopic (exact) mass is 231 g/mol. The van der Waals surface area contributed by atoms with Crippen molar-refractivity contribution in [1.29, 1.82) is 5.41 Å². The number of amidine groups is 1. The van der Waals surface area contributed by atoms with Crippen LogP contribution in [0.1, 0.15) is 13.3 Å². The fourth-order valence-electron chi connectivity index (χ4n) is 1.88. The van der Waals surface area contributed by atoms with Crippen molar-refractivity contribution in [3.63, 3.8) is 0 Å². The Labute approximate surface area is 100 Å². The van der Waals surface area contributed by atoms with Crippen LogP contribution in [0, 0.1) is 5.41 Å². The molecule has 2 heterocycles. The first kappa shape index (κ1) is 11.4. The number of nitrogens with two attached hydrogens (primary N) is 1. The van der Waals surface area contributed by atoms with Crippen molar-refractivity contribution in [1.82, 2.24) is 9.38 Å². The standard InChI is InChI=1S/C12H17N5/c1-2-16(8-6-10(13)14)12-5-3-4-11-15-7-9-17(11)12/h3-5,7,9H,2,6,8H2,1H3,(H3,13,14). The maximum Gasteiger partial charge on any atom is 0.138 e. The van der Waals surface area contributed by atoms with Gasteiger partial charge in [-0.2, -0.15) is 0 Å². The van der Waals surface area contributed by atoms with Gasteiger partial charge in [0.05, 0.1) is 5.84 Å². The van der Waals surface area contributed by atoms with E-state index in [-0.39, 0.29) is 5.84 Å². The predicted molar refractivity (Wildman–Crippen MR) is 69.6 cm³/mol. The second-order valence-corrected chi connectivity index (χ2v) is 3.89. The summed E-state index contributed by atoms with van der Waals surface area (Å²) in [6, 6.07) is 6.02. The summed E-state index contributed by atoms with van der Waals surface area (Å²) >= 11 is 0. The summed E-state index contributed by atoms with van der Waals surface area (Å²) in [7, 11) is 0. The summed E-state index contributed by atoms with van der Waals surface area (Å²) in [5.74, 6) is 1.31. The Morgan fingerprint density at radius 1 is 1.53 bits per heavy atom. The Hall–Kier alpha value is -2.04. The normalized spacial score (nSPS) is 10.6. The molecule has 0 spiro atoms. The molecule has 0 unspecified atom stereocenters. The minimum absolute atomic E-state index is 0.223. The number of aromatic nitrogens is 2. The van der Waals surface area contributed by atoms with Gasteiger partial charge in [0.15, 0.2) is 0 Å². The lowest BCUT2D eigenvalue weighted by Crippen LogP contribution is -2.29. The quantitative estimate of drug-likeness (QED) is 0.605. The van der Waals surface area contributed by atoms with Crippen LogP contribution in [0.15, 0.2) is 30.6 Å². The number of hydrogen-bond acceptors (Lipinski definition) is 3. The number of fused-ring (bicyclic) bond motifs is 1. The largest absolute Gasteiger partial charge is 0.388 e. The van der Waals surface area contributed by atoms with Crippen LogP contribution in [0.5, 0.6) is 0 Å². The molecule has 17 heavy (non-hydrogen) atoms. The van der Waals surface area contributed by atoms with Crippen molar-refractivity contribution in [2.75, 3.05) is 18.0 Å². The summed E-state index contributed by atoms with van der Waals surface area (Å²) in [6.07, 6.45) is 4.32. The molecule has 0 atom stereocenters. The SMILES string of the molecule is CCN(CCC(=N)N)c1cccc2nccn12. The summed E-state index contributed by atoms with van der Waals surface area (Å²) in [5.41, 5.74) is 6.34. The fourth-order valence-corrected chi connectivity index (χ4v) is 1.88. The minimum atomic E-state index is 0.223. The number of rotatable bonds is 5. The van der Waals surface area contributed by atoms with E-state index in [4.69, 9.17) is 11.1 Å². The van der Waals surface area contributed by atoms with E-state index >= 15 is 0 Å². The lowest BCUT2D eigenvalue weighted by molar-refractivity contribution is 0.806. The fraction of sp³-hybridized carbons (Fsp3) is 0.333. The van der Waals surface area contributed by atoms with Crippen molar-refractivity contribution >= 4 is 17.3 Å². The van der Waals surface area contributed by atoms with E-state index in [2.05, 4.69) is 22.9 Å². The first-order chi connectivity index (χ1) is 8.22. The van der Waals surface area contributed by atoms with E-state index < -0.39 is 0 Å². The van der Waals surface area contributed by atoms with E-state index in [1.807, 2.05) is 22.7 Å². The Kier molecular flexibility index (Phi) is 3.27. The van der Waals surface area contributed by atoms with Crippen LogP contribution < -0.4 is 10.6 Å². The molecule has 0 bridgehead atoms. The van der Waals surface area contributed by atoms with Crippen molar-refractivity contribution in [3.8, 4) is 0 Å². The summed E-state index contributed by atoms with van der Waals surface area (Å²) < 4.78 is 2.05. The highest BCUT2D eigenvalue weighted by molar-refractivity contribution is 5.77. The van der Waals surface area contributed by atoms with Crippen LogP contribution >= 0.6 is 0 Å². The van der Waals surface area contributed by atoms with Crippen molar-refractivity contribution in [2.24, 2.45) is 5.73 Å². The first-order valence-electron chi connectivity index (χ1n) is 5.72. The van der Waals surface area contributed by atoms with Crippen LogP contribution in [0.3, 0.4) is 0 Å². The molecule has 0 radical (unpaired) electrons. The van der Waals surface area contributed by atoms with Gasteiger partial charge in [0, 0.05) is 31.9 Å². The molecule has 5 heteroatoms. The Bertz CT molecular complexity index is 516. The van der Waals surface area contributed by atoms with Crippen LogP contribution in [-0.2, 0) is 0 Å². The lowest BCUT2D eigenvalue weighted by atomic mass is 10.3. The zero-order chi connectivity index (χ0) is 12.3. The zero-order valence-electron chi connectivity index (χ0n) is 9.93. The second-order valence-electron chi connectivity index (χ2n) is 3.89. The predicted octanol–water partition coefficient (Wildman–Crippen LogP) is 1.49. The van der Waals surface area contributed by atoms with Gasteiger partial charge in [0.25, 0.3) is 0 Å². The van der Waals surface area contributed by atoms with Crippen LogP contribution in [0.2, 0.25) is 0 Å². The zero-order valence-corrected chi connectivity index (χ0v) is 9.93. The highest BCUT2D eigenvalue weighted by Gasteiger charge is 2.08. The van der Waals surface area contributed by atoms with Gasteiger partial charge in [0.1, 0.15) is 11.5 Å². The molecule has 2 aromatic rings. The van der Waals surface area contributed by atoms with Gasteiger partial charge in [-0.25, -0.2) is 4.98 Å². The number of nitrogens with zero attached hydrogens (tertiary/aromatic N) is 3. The molecule has 0 amide bonds. The minimum Gasteiger partial charge on any atom is -0.388 e. The molecule has 0 aromatic carbocycles. The third-order valence-electron chi connectivity index (χ3n) is 2.76. The molecule has 3 N–H and O–H groups in total. The molecule has 0 aliphatic carbocycles. The number of anilines is 1. The number of hydrogen-bond donors (Lipinski definition) is 2. The number of pyridine rings is 1. The number of imidazole rings is 1. The van der Waals surface area contributed by atoms with Crippen LogP contribution in [0.4, 0.5) is 5.82 Å². The highest BCUT2D eigenvalue weighted by Crippen LogP contribution is 2.16. The van der Waals surface area contributed by atoms with Crippen molar-refractivity contribution in [3.05, 3.63) is 30.6 Å². The molecule has 2 rings (SSSR count). The highest BCUT2D eigenvalue weighted by atomic mass is 15.2. The third kappa shape index (κ3) is 2.38. The third-order valence-corrected chi connectivity index (χ3v) is 2.76. The van der Waals surface area contributed by atoms with E-state index in [0.29, 0.717) is 6.42 Å². The van der Waals surface area contributed by atoms with E-state index in [0.717, 1.165) is 24.6 Å².